The smallest absolute Gasteiger partial charge is 0.118 e. The van der Waals surface area contributed by atoms with Crippen molar-refractivity contribution in [3.8, 4) is 0 Å². The van der Waals surface area contributed by atoms with Crippen LogP contribution in [0.5, 0.6) is 0 Å². The molecule has 114 valence electrons. The highest BCUT2D eigenvalue weighted by molar-refractivity contribution is 5.13. The molecule has 1 heterocycles. The fourth-order valence-electron chi connectivity index (χ4n) is 2.38. The lowest BCUT2D eigenvalue weighted by Gasteiger charge is -2.21. The second-order valence-corrected chi connectivity index (χ2v) is 6.84. The second kappa shape index (κ2) is 7.28. The van der Waals surface area contributed by atoms with Crippen molar-refractivity contribution in [1.82, 2.24) is 10.2 Å². The minimum atomic E-state index is 0.516. The van der Waals surface area contributed by atoms with Crippen molar-refractivity contribution in [1.29, 1.82) is 0 Å². The van der Waals surface area contributed by atoms with Gasteiger partial charge in [-0.3, -0.25) is 4.90 Å². The highest BCUT2D eigenvalue weighted by Gasteiger charge is 2.29. The van der Waals surface area contributed by atoms with Gasteiger partial charge >= 0.3 is 0 Å². The molecule has 0 radical (unpaired) electrons. The maximum absolute atomic E-state index is 5.73. The first-order valence-corrected chi connectivity index (χ1v) is 8.08. The molecule has 1 aliphatic rings. The van der Waals surface area contributed by atoms with Crippen molar-refractivity contribution in [2.45, 2.75) is 72.1 Å². The normalized spacial score (nSPS) is 15.8. The Bertz CT molecular complexity index is 393. The Hall–Kier alpha value is -0.800. The molecule has 1 aliphatic carbocycles. The van der Waals surface area contributed by atoms with E-state index in [1.165, 1.54) is 31.4 Å². The molecular formula is C17H30N2O. The summed E-state index contributed by atoms with van der Waals surface area (Å²) in [7, 11) is 0. The number of hydrogen-bond donors (Lipinski definition) is 1. The molecule has 20 heavy (non-hydrogen) atoms. The van der Waals surface area contributed by atoms with Crippen molar-refractivity contribution in [2.24, 2.45) is 5.92 Å². The van der Waals surface area contributed by atoms with Crippen LogP contribution in [0.25, 0.3) is 0 Å². The molecule has 1 aromatic rings. The Balaban J connectivity index is 1.83. The molecule has 0 aliphatic heterocycles. The van der Waals surface area contributed by atoms with E-state index in [4.69, 9.17) is 4.42 Å². The van der Waals surface area contributed by atoms with Crippen molar-refractivity contribution in [2.75, 3.05) is 6.54 Å². The minimum absolute atomic E-state index is 0.516. The molecule has 2 rings (SSSR count). The van der Waals surface area contributed by atoms with E-state index >= 15 is 0 Å². The van der Waals surface area contributed by atoms with Crippen LogP contribution in [0, 0.1) is 5.92 Å². The van der Waals surface area contributed by atoms with Crippen molar-refractivity contribution >= 4 is 0 Å². The molecule has 1 fully saturated rings. The topological polar surface area (TPSA) is 28.4 Å². The predicted octanol–water partition coefficient (Wildman–Crippen LogP) is 3.79. The molecular weight excluding hydrogens is 248 g/mol. The van der Waals surface area contributed by atoms with Gasteiger partial charge in [-0.05, 0) is 37.8 Å². The molecule has 0 spiro atoms. The lowest BCUT2D eigenvalue weighted by atomic mass is 10.1. The van der Waals surface area contributed by atoms with Crippen LogP contribution in [0.1, 0.15) is 58.3 Å². The fraction of sp³-hybridized carbons (Fsp3) is 0.765. The van der Waals surface area contributed by atoms with Gasteiger partial charge in [0.15, 0.2) is 0 Å². The van der Waals surface area contributed by atoms with Crippen LogP contribution in [0.15, 0.2) is 16.7 Å². The van der Waals surface area contributed by atoms with Gasteiger partial charge in [0, 0.05) is 24.2 Å². The fourth-order valence-corrected chi connectivity index (χ4v) is 2.38. The van der Waals surface area contributed by atoms with Crippen molar-refractivity contribution < 1.29 is 4.42 Å². The van der Waals surface area contributed by atoms with E-state index in [2.05, 4.69) is 44.0 Å². The van der Waals surface area contributed by atoms with Gasteiger partial charge in [0.1, 0.15) is 5.76 Å². The Kier molecular flexibility index (Phi) is 5.67. The van der Waals surface area contributed by atoms with Crippen LogP contribution in [-0.4, -0.2) is 23.5 Å². The molecule has 0 amide bonds. The van der Waals surface area contributed by atoms with Crippen LogP contribution in [-0.2, 0) is 13.1 Å². The van der Waals surface area contributed by atoms with E-state index in [9.17, 15) is 0 Å². The standard InChI is InChI=1S/C17H30N2O/c1-13(2)7-8-19(16-5-6-16)11-17-9-15(12-20-17)10-18-14(3)4/h9,12-14,16,18H,5-8,10-11H2,1-4H3. The van der Waals surface area contributed by atoms with E-state index in [0.29, 0.717) is 6.04 Å². The van der Waals surface area contributed by atoms with Gasteiger partial charge in [-0.25, -0.2) is 0 Å². The van der Waals surface area contributed by atoms with Crippen molar-refractivity contribution in [3.05, 3.63) is 23.7 Å². The van der Waals surface area contributed by atoms with Gasteiger partial charge in [-0.2, -0.15) is 0 Å². The summed E-state index contributed by atoms with van der Waals surface area (Å²) in [6.45, 7) is 12.0. The summed E-state index contributed by atoms with van der Waals surface area (Å²) >= 11 is 0. The minimum Gasteiger partial charge on any atom is -0.468 e. The molecule has 3 nitrogen and oxygen atoms in total. The lowest BCUT2D eigenvalue weighted by molar-refractivity contribution is 0.221. The average Bonchev–Trinajstić information content (AvgIpc) is 3.12. The monoisotopic (exact) mass is 278 g/mol. The zero-order chi connectivity index (χ0) is 14.5. The maximum Gasteiger partial charge on any atom is 0.118 e. The van der Waals surface area contributed by atoms with E-state index in [-0.39, 0.29) is 0 Å². The molecule has 0 atom stereocenters. The first-order chi connectivity index (χ1) is 9.54. The predicted molar refractivity (Wildman–Crippen MR) is 83.6 cm³/mol. The summed E-state index contributed by atoms with van der Waals surface area (Å²) in [4.78, 5) is 2.60. The summed E-state index contributed by atoms with van der Waals surface area (Å²) in [5.74, 6) is 1.89. The molecule has 1 aromatic heterocycles. The Labute approximate surface area is 123 Å². The van der Waals surface area contributed by atoms with Crippen LogP contribution in [0.4, 0.5) is 0 Å². The van der Waals surface area contributed by atoms with Gasteiger partial charge in [0.05, 0.1) is 12.8 Å². The molecule has 0 aromatic carbocycles. The highest BCUT2D eigenvalue weighted by atomic mass is 16.3. The van der Waals surface area contributed by atoms with Gasteiger partial charge in [0.2, 0.25) is 0 Å². The third kappa shape index (κ3) is 5.29. The quantitative estimate of drug-likeness (QED) is 0.745. The zero-order valence-corrected chi connectivity index (χ0v) is 13.5. The molecule has 0 unspecified atom stereocenters. The third-order valence-corrected chi connectivity index (χ3v) is 3.84. The maximum atomic E-state index is 5.73. The van der Waals surface area contributed by atoms with Crippen LogP contribution in [0.3, 0.4) is 0 Å². The molecule has 1 N–H and O–H groups in total. The van der Waals surface area contributed by atoms with E-state index < -0.39 is 0 Å². The average molecular weight is 278 g/mol. The van der Waals surface area contributed by atoms with Gasteiger partial charge in [0.25, 0.3) is 0 Å². The van der Waals surface area contributed by atoms with E-state index in [1.54, 1.807) is 0 Å². The number of furan rings is 1. The molecule has 0 bridgehead atoms. The Morgan fingerprint density at radius 3 is 2.65 bits per heavy atom. The van der Waals surface area contributed by atoms with E-state index in [1.807, 2.05) is 6.26 Å². The van der Waals surface area contributed by atoms with Gasteiger partial charge < -0.3 is 9.73 Å². The van der Waals surface area contributed by atoms with Gasteiger partial charge in [-0.15, -0.1) is 0 Å². The lowest BCUT2D eigenvalue weighted by Crippen LogP contribution is -2.27. The molecule has 3 heteroatoms. The Morgan fingerprint density at radius 2 is 2.05 bits per heavy atom. The third-order valence-electron chi connectivity index (χ3n) is 3.84. The van der Waals surface area contributed by atoms with Gasteiger partial charge in [-0.1, -0.05) is 27.7 Å². The summed E-state index contributed by atoms with van der Waals surface area (Å²) in [5, 5.41) is 3.43. The number of nitrogens with one attached hydrogen (secondary N) is 1. The van der Waals surface area contributed by atoms with Crippen LogP contribution >= 0.6 is 0 Å². The second-order valence-electron chi connectivity index (χ2n) is 6.84. The largest absolute Gasteiger partial charge is 0.468 e. The summed E-state index contributed by atoms with van der Waals surface area (Å²) < 4.78 is 5.73. The number of hydrogen-bond acceptors (Lipinski definition) is 3. The van der Waals surface area contributed by atoms with E-state index in [0.717, 1.165) is 30.8 Å². The van der Waals surface area contributed by atoms with Crippen molar-refractivity contribution in [3.63, 3.8) is 0 Å². The molecule has 0 saturated heterocycles. The SMILES string of the molecule is CC(C)CCN(Cc1cc(CNC(C)C)co1)C1CC1. The van der Waals surface area contributed by atoms with Crippen LogP contribution < -0.4 is 5.32 Å². The number of nitrogens with zero attached hydrogens (tertiary/aromatic N) is 1. The highest BCUT2D eigenvalue weighted by Crippen LogP contribution is 2.29. The summed E-state index contributed by atoms with van der Waals surface area (Å²) in [5.41, 5.74) is 1.26. The zero-order valence-electron chi connectivity index (χ0n) is 13.5. The summed E-state index contributed by atoms with van der Waals surface area (Å²) in [6.07, 6.45) is 5.90. The van der Waals surface area contributed by atoms with Crippen LogP contribution in [0.2, 0.25) is 0 Å². The number of rotatable bonds is 9. The first kappa shape index (κ1) is 15.6. The first-order valence-electron chi connectivity index (χ1n) is 8.08. The summed E-state index contributed by atoms with van der Waals surface area (Å²) in [6, 6.07) is 3.53. The Morgan fingerprint density at radius 1 is 1.30 bits per heavy atom. The molecule has 1 saturated carbocycles.